The molecular formula is C85H74BN5. The summed E-state index contributed by atoms with van der Waals surface area (Å²) < 4.78 is 5.21. The number of aromatic nitrogens is 5. The maximum Gasteiger partial charge on any atom is 0.252 e. The standard InChI is InChI=1S/C85H74BN5/c1-82(2,3)60-41-57(42-61(49-60)83(4,5)6)79-87-80(58-43-62(84(7,8)9)50-63(44-58)85(10,11)12)89-81(88-79)59-47-72-76-73(48-59)91-71-40-34-56(52-27-19-14-20-28-52)46-67(71)75-65(54-31-23-16-24-32-54)36-38-69(78(75)91)86(76)68-37-35-64(53-29-21-15-22-30-53)74-66-45-55(51-25-17-13-18-26-51)33-39-70(66)90(72)77(68)74/h13-50H,1-12H3. The highest BCUT2D eigenvalue weighted by Gasteiger charge is 2.43. The Morgan fingerprint density at radius 2 is 0.604 bits per heavy atom. The molecule has 0 bridgehead atoms. The fourth-order valence-electron chi connectivity index (χ4n) is 14.6. The van der Waals surface area contributed by atoms with Gasteiger partial charge in [0.05, 0.1) is 11.0 Å². The minimum Gasteiger partial charge on any atom is -0.310 e. The van der Waals surface area contributed by atoms with Gasteiger partial charge in [-0.1, -0.05) is 253 Å². The summed E-state index contributed by atoms with van der Waals surface area (Å²) >= 11 is 0. The van der Waals surface area contributed by atoms with Crippen LogP contribution in [0.4, 0.5) is 0 Å². The van der Waals surface area contributed by atoms with Gasteiger partial charge in [-0.2, -0.15) is 0 Å². The van der Waals surface area contributed by atoms with Crippen LogP contribution >= 0.6 is 0 Å². The van der Waals surface area contributed by atoms with Gasteiger partial charge in [0.2, 0.25) is 0 Å². The highest BCUT2D eigenvalue weighted by atomic mass is 15.1. The fourth-order valence-corrected chi connectivity index (χ4v) is 14.6. The molecule has 0 spiro atoms. The molecule has 0 amide bonds. The molecule has 0 aliphatic carbocycles. The van der Waals surface area contributed by atoms with E-state index in [4.69, 9.17) is 15.0 Å². The van der Waals surface area contributed by atoms with Crippen molar-refractivity contribution in [3.05, 3.63) is 253 Å². The Hall–Kier alpha value is -9.91. The summed E-state index contributed by atoms with van der Waals surface area (Å²) in [6.07, 6.45) is 0. The molecule has 2 aliphatic heterocycles. The second kappa shape index (κ2) is 20.3. The van der Waals surface area contributed by atoms with E-state index >= 15 is 0 Å². The highest BCUT2D eigenvalue weighted by Crippen LogP contribution is 2.47. The third kappa shape index (κ3) is 9.23. The van der Waals surface area contributed by atoms with E-state index in [1.54, 1.807) is 0 Å². The van der Waals surface area contributed by atoms with Gasteiger partial charge in [-0.3, -0.25) is 0 Å². The van der Waals surface area contributed by atoms with E-state index in [1.165, 1.54) is 116 Å². The second-order valence-electron chi connectivity index (χ2n) is 29.7. The van der Waals surface area contributed by atoms with Crippen molar-refractivity contribution >= 4 is 66.7 Å². The van der Waals surface area contributed by atoms with Crippen LogP contribution in [0.25, 0.3) is 134 Å². The van der Waals surface area contributed by atoms with Crippen LogP contribution in [0.2, 0.25) is 0 Å². The van der Waals surface area contributed by atoms with Crippen LogP contribution in [0.5, 0.6) is 0 Å². The predicted molar refractivity (Wildman–Crippen MR) is 386 cm³/mol. The molecule has 2 aliphatic rings. The molecule has 5 heterocycles. The molecule has 11 aromatic carbocycles. The van der Waals surface area contributed by atoms with Gasteiger partial charge in [0.1, 0.15) is 0 Å². The highest BCUT2D eigenvalue weighted by molar-refractivity contribution is 7.00. The summed E-state index contributed by atoms with van der Waals surface area (Å²) in [6.45, 7) is 27.5. The molecule has 16 rings (SSSR count). The molecule has 14 aromatic rings. The summed E-state index contributed by atoms with van der Waals surface area (Å²) in [7, 11) is 0. The Morgan fingerprint density at radius 3 is 0.934 bits per heavy atom. The molecule has 0 fully saturated rings. The summed E-state index contributed by atoms with van der Waals surface area (Å²) in [4.78, 5) is 17.2. The van der Waals surface area contributed by atoms with Gasteiger partial charge in [0, 0.05) is 60.6 Å². The van der Waals surface area contributed by atoms with Gasteiger partial charge in [-0.05, 0) is 165 Å². The predicted octanol–water partition coefficient (Wildman–Crippen LogP) is 20.1. The first-order valence-electron chi connectivity index (χ1n) is 32.4. The number of nitrogens with zero attached hydrogens (tertiary/aromatic N) is 5. The van der Waals surface area contributed by atoms with E-state index in [2.05, 4.69) is 323 Å². The summed E-state index contributed by atoms with van der Waals surface area (Å²) in [6, 6.07) is 86.6. The average molecular weight is 1180 g/mol. The van der Waals surface area contributed by atoms with Crippen molar-refractivity contribution in [3.63, 3.8) is 0 Å². The molecule has 0 atom stereocenters. The van der Waals surface area contributed by atoms with Crippen LogP contribution in [0.15, 0.2) is 231 Å². The van der Waals surface area contributed by atoms with Gasteiger partial charge in [-0.25, -0.2) is 15.0 Å². The number of rotatable bonds is 7. The molecule has 442 valence electrons. The zero-order valence-corrected chi connectivity index (χ0v) is 54.3. The quantitative estimate of drug-likeness (QED) is 0.149. The van der Waals surface area contributed by atoms with Gasteiger partial charge < -0.3 is 9.13 Å². The minimum atomic E-state index is -0.137. The second-order valence-corrected chi connectivity index (χ2v) is 29.7. The lowest BCUT2D eigenvalue weighted by Gasteiger charge is -2.34. The van der Waals surface area contributed by atoms with Crippen molar-refractivity contribution < 1.29 is 0 Å². The molecule has 0 N–H and O–H groups in total. The lowest BCUT2D eigenvalue weighted by Crippen LogP contribution is -2.59. The van der Waals surface area contributed by atoms with Crippen molar-refractivity contribution in [2.45, 2.75) is 105 Å². The topological polar surface area (TPSA) is 48.5 Å². The SMILES string of the molecule is CC(C)(C)c1cc(-c2nc(-c3cc(C(C)(C)C)cc(C(C)(C)C)c3)nc(-c3cc4c5c(c3)-n3c6ccc(-c7ccccc7)cc6c6c(-c7ccccc7)ccc(c63)B5c3ccc(-c5ccccc5)c5c6cc(-c7ccccc7)ccc6n-4c35)n2)cc(C(C)(C)C)c1. The van der Waals surface area contributed by atoms with Crippen molar-refractivity contribution in [2.75, 3.05) is 0 Å². The first-order chi connectivity index (χ1) is 43.6. The van der Waals surface area contributed by atoms with Crippen LogP contribution < -0.4 is 16.4 Å². The molecule has 0 radical (unpaired) electrons. The van der Waals surface area contributed by atoms with E-state index < -0.39 is 0 Å². The summed E-state index contributed by atoms with van der Waals surface area (Å²) in [5.74, 6) is 1.93. The Morgan fingerprint density at radius 1 is 0.286 bits per heavy atom. The fraction of sp³-hybridized carbons (Fsp3) is 0.188. The van der Waals surface area contributed by atoms with Gasteiger partial charge in [0.25, 0.3) is 6.71 Å². The lowest BCUT2D eigenvalue weighted by atomic mass is 9.34. The monoisotopic (exact) mass is 1180 g/mol. The van der Waals surface area contributed by atoms with Crippen LogP contribution in [-0.4, -0.2) is 30.8 Å². The van der Waals surface area contributed by atoms with Crippen molar-refractivity contribution in [2.24, 2.45) is 0 Å². The third-order valence-corrected chi connectivity index (χ3v) is 19.5. The van der Waals surface area contributed by atoms with E-state index in [0.717, 1.165) is 39.1 Å². The van der Waals surface area contributed by atoms with Gasteiger partial charge in [0.15, 0.2) is 17.5 Å². The molecule has 6 heteroatoms. The maximum atomic E-state index is 5.79. The molecule has 0 saturated carbocycles. The Labute approximate surface area is 535 Å². The molecule has 3 aromatic heterocycles. The van der Waals surface area contributed by atoms with Crippen LogP contribution in [0.1, 0.15) is 105 Å². The Balaban J connectivity index is 1.07. The van der Waals surface area contributed by atoms with E-state index in [0.29, 0.717) is 17.5 Å². The zero-order chi connectivity index (χ0) is 62.6. The number of benzene rings is 11. The van der Waals surface area contributed by atoms with Crippen LogP contribution in [0.3, 0.4) is 0 Å². The van der Waals surface area contributed by atoms with Gasteiger partial charge >= 0.3 is 0 Å². The molecular weight excluding hydrogens is 1100 g/mol. The number of hydrogen-bond acceptors (Lipinski definition) is 3. The first-order valence-corrected chi connectivity index (χ1v) is 32.4. The molecule has 0 saturated heterocycles. The minimum absolute atomic E-state index is 0.133. The van der Waals surface area contributed by atoms with Crippen molar-refractivity contribution in [3.8, 4) is 90.0 Å². The summed E-state index contributed by atoms with van der Waals surface area (Å²) in [5.41, 5.74) is 27.7. The molecule has 91 heavy (non-hydrogen) atoms. The number of fused-ring (bicyclic) bond motifs is 10. The average Bonchev–Trinajstić information content (AvgIpc) is 1.56. The smallest absolute Gasteiger partial charge is 0.252 e. The largest absolute Gasteiger partial charge is 0.310 e. The van der Waals surface area contributed by atoms with E-state index in [9.17, 15) is 0 Å². The van der Waals surface area contributed by atoms with Crippen molar-refractivity contribution in [1.82, 2.24) is 24.1 Å². The van der Waals surface area contributed by atoms with E-state index in [1.807, 2.05) is 0 Å². The zero-order valence-electron chi connectivity index (χ0n) is 54.3. The first kappa shape index (κ1) is 56.3. The molecule has 5 nitrogen and oxygen atoms in total. The lowest BCUT2D eigenvalue weighted by molar-refractivity contribution is 0.568. The van der Waals surface area contributed by atoms with Crippen LogP contribution in [0, 0.1) is 0 Å². The normalized spacial score (nSPS) is 13.0. The Kier molecular flexibility index (Phi) is 12.6. The Bertz CT molecular complexity index is 4910. The van der Waals surface area contributed by atoms with E-state index in [-0.39, 0.29) is 28.4 Å². The summed E-state index contributed by atoms with van der Waals surface area (Å²) in [5, 5.41) is 4.92. The molecule has 0 unspecified atom stereocenters. The van der Waals surface area contributed by atoms with Crippen LogP contribution in [-0.2, 0) is 21.7 Å². The number of hydrogen-bond donors (Lipinski definition) is 0. The van der Waals surface area contributed by atoms with Gasteiger partial charge in [-0.15, -0.1) is 0 Å². The van der Waals surface area contributed by atoms with Crippen molar-refractivity contribution in [1.29, 1.82) is 0 Å². The maximum absolute atomic E-state index is 5.79. The third-order valence-electron chi connectivity index (χ3n) is 19.5.